The highest BCUT2D eigenvalue weighted by atomic mass is 32.1. The summed E-state index contributed by atoms with van der Waals surface area (Å²) in [4.78, 5) is 30.3. The van der Waals surface area contributed by atoms with Gasteiger partial charge in [-0.15, -0.1) is 11.3 Å². The number of esters is 1. The number of nitrogens with zero attached hydrogens (tertiary/aromatic N) is 1. The van der Waals surface area contributed by atoms with Gasteiger partial charge in [-0.05, 0) is 42.8 Å². The van der Waals surface area contributed by atoms with Crippen molar-refractivity contribution in [3.8, 4) is 17.0 Å². The third-order valence-corrected chi connectivity index (χ3v) is 5.46. The Morgan fingerprint density at radius 1 is 1.21 bits per heavy atom. The number of rotatable bonds is 4. The minimum atomic E-state index is -0.865. The van der Waals surface area contributed by atoms with Crippen molar-refractivity contribution in [2.75, 3.05) is 12.4 Å². The normalized spacial score (nSPS) is 15.5. The lowest BCUT2D eigenvalue weighted by Gasteiger charge is -2.23. The summed E-state index contributed by atoms with van der Waals surface area (Å²) in [6, 6.07) is 14.7. The van der Waals surface area contributed by atoms with Crippen LogP contribution in [0.1, 0.15) is 20.8 Å². The Morgan fingerprint density at radius 2 is 1.96 bits per heavy atom. The van der Waals surface area contributed by atoms with Crippen LogP contribution in [-0.4, -0.2) is 30.1 Å². The van der Waals surface area contributed by atoms with Gasteiger partial charge >= 0.3 is 5.97 Å². The quantitative estimate of drug-likeness (QED) is 0.680. The zero-order valence-electron chi connectivity index (χ0n) is 15.4. The Kier molecular flexibility index (Phi) is 4.83. The average Bonchev–Trinajstić information content (AvgIpc) is 3.08. The van der Waals surface area contributed by atoms with E-state index in [2.05, 4.69) is 10.3 Å². The summed E-state index contributed by atoms with van der Waals surface area (Å²) in [5, 5.41) is 3.26. The summed E-state index contributed by atoms with van der Waals surface area (Å²) in [5.41, 5.74) is 3.06. The molecular weight excluding hydrogens is 376 g/mol. The van der Waals surface area contributed by atoms with Crippen molar-refractivity contribution in [2.45, 2.75) is 19.4 Å². The van der Waals surface area contributed by atoms with Crippen LogP contribution >= 0.6 is 11.3 Å². The molecule has 3 aromatic rings. The van der Waals surface area contributed by atoms with E-state index >= 15 is 0 Å². The lowest BCUT2D eigenvalue weighted by atomic mass is 9.98. The molecule has 0 fully saturated rings. The van der Waals surface area contributed by atoms with E-state index in [4.69, 9.17) is 9.47 Å². The molecule has 28 heavy (non-hydrogen) atoms. The molecule has 1 amide bonds. The number of benzene rings is 2. The monoisotopic (exact) mass is 394 g/mol. The molecule has 2 heterocycles. The Bertz CT molecular complexity index is 1040. The fourth-order valence-electron chi connectivity index (χ4n) is 3.13. The minimum Gasteiger partial charge on any atom is -0.497 e. The summed E-state index contributed by atoms with van der Waals surface area (Å²) in [5.74, 6) is -0.0846. The van der Waals surface area contributed by atoms with Crippen molar-refractivity contribution in [3.05, 3.63) is 64.5 Å². The molecule has 0 bridgehead atoms. The molecule has 0 radical (unpaired) electrons. The standard InChI is InChI=1S/C21H18N2O4S/c1-12-18(13-7-9-15(26-2)10-8-13)22-21(28-12)23-19(24)17-11-14-5-3-4-6-16(14)20(25)27-17/h3-10,17H,11H2,1-2H3,(H,22,23,24)/t17-/m1/s1. The Hall–Kier alpha value is -3.19. The molecule has 0 saturated heterocycles. The molecule has 0 saturated carbocycles. The number of amides is 1. The molecule has 1 aliphatic rings. The van der Waals surface area contributed by atoms with E-state index < -0.39 is 12.1 Å². The second-order valence-electron chi connectivity index (χ2n) is 6.40. The zero-order chi connectivity index (χ0) is 19.7. The molecule has 1 aromatic heterocycles. The summed E-state index contributed by atoms with van der Waals surface area (Å²) >= 11 is 1.38. The molecule has 1 aliphatic heterocycles. The first-order chi connectivity index (χ1) is 13.5. The molecule has 2 aromatic carbocycles. The van der Waals surface area contributed by atoms with Crippen LogP contribution in [0.25, 0.3) is 11.3 Å². The van der Waals surface area contributed by atoms with Crippen LogP contribution in [0.2, 0.25) is 0 Å². The number of nitrogens with one attached hydrogen (secondary N) is 1. The Balaban J connectivity index is 1.50. The first kappa shape index (κ1) is 18.2. The largest absolute Gasteiger partial charge is 0.497 e. The lowest BCUT2D eigenvalue weighted by Crippen LogP contribution is -2.37. The van der Waals surface area contributed by atoms with E-state index in [0.717, 1.165) is 27.4 Å². The van der Waals surface area contributed by atoms with E-state index in [9.17, 15) is 9.59 Å². The number of aromatic nitrogens is 1. The molecular formula is C21H18N2O4S. The number of fused-ring (bicyclic) bond motifs is 1. The van der Waals surface area contributed by atoms with Crippen molar-refractivity contribution >= 4 is 28.3 Å². The first-order valence-corrected chi connectivity index (χ1v) is 9.58. The second kappa shape index (κ2) is 7.44. The molecule has 0 spiro atoms. The van der Waals surface area contributed by atoms with Gasteiger partial charge < -0.3 is 9.47 Å². The summed E-state index contributed by atoms with van der Waals surface area (Å²) in [7, 11) is 1.62. The highest BCUT2D eigenvalue weighted by molar-refractivity contribution is 7.16. The summed E-state index contributed by atoms with van der Waals surface area (Å²) < 4.78 is 10.5. The fraction of sp³-hybridized carbons (Fsp3) is 0.190. The SMILES string of the molecule is COc1ccc(-c2nc(NC(=O)[C@H]3Cc4ccccc4C(=O)O3)sc2C)cc1. The topological polar surface area (TPSA) is 77.5 Å². The van der Waals surface area contributed by atoms with Crippen LogP contribution in [0, 0.1) is 6.92 Å². The number of thiazole rings is 1. The Labute approximate surface area is 166 Å². The molecule has 6 nitrogen and oxygen atoms in total. The van der Waals surface area contributed by atoms with Crippen LogP contribution in [0.5, 0.6) is 5.75 Å². The molecule has 1 N–H and O–H groups in total. The number of anilines is 1. The van der Waals surface area contributed by atoms with Gasteiger partial charge in [0.15, 0.2) is 11.2 Å². The maximum atomic E-state index is 12.6. The van der Waals surface area contributed by atoms with E-state index in [1.165, 1.54) is 11.3 Å². The molecule has 0 unspecified atom stereocenters. The highest BCUT2D eigenvalue weighted by Gasteiger charge is 2.31. The van der Waals surface area contributed by atoms with Crippen molar-refractivity contribution in [3.63, 3.8) is 0 Å². The van der Waals surface area contributed by atoms with Crippen molar-refractivity contribution in [2.24, 2.45) is 0 Å². The fourth-order valence-corrected chi connectivity index (χ4v) is 3.97. The van der Waals surface area contributed by atoms with Crippen molar-refractivity contribution < 1.29 is 19.1 Å². The van der Waals surface area contributed by atoms with E-state index in [-0.39, 0.29) is 5.91 Å². The number of hydrogen-bond acceptors (Lipinski definition) is 6. The maximum Gasteiger partial charge on any atom is 0.339 e. The number of carbonyl (C=O) groups excluding carboxylic acids is 2. The van der Waals surface area contributed by atoms with Crippen LogP contribution in [0.15, 0.2) is 48.5 Å². The predicted octanol–water partition coefficient (Wildman–Crippen LogP) is 3.85. The molecule has 7 heteroatoms. The molecule has 0 aliphatic carbocycles. The summed E-state index contributed by atoms with van der Waals surface area (Å²) in [6.07, 6.45) is -0.514. The smallest absolute Gasteiger partial charge is 0.339 e. The van der Waals surface area contributed by atoms with E-state index in [1.807, 2.05) is 43.3 Å². The lowest BCUT2D eigenvalue weighted by molar-refractivity contribution is -0.125. The van der Waals surface area contributed by atoms with Gasteiger partial charge in [0, 0.05) is 16.9 Å². The van der Waals surface area contributed by atoms with Gasteiger partial charge in [-0.1, -0.05) is 18.2 Å². The number of cyclic esters (lactones) is 1. The van der Waals surface area contributed by atoms with Gasteiger partial charge in [-0.2, -0.15) is 0 Å². The van der Waals surface area contributed by atoms with E-state index in [1.54, 1.807) is 19.2 Å². The zero-order valence-corrected chi connectivity index (χ0v) is 16.2. The van der Waals surface area contributed by atoms with Gasteiger partial charge in [-0.3, -0.25) is 10.1 Å². The number of hydrogen-bond donors (Lipinski definition) is 1. The third kappa shape index (κ3) is 3.48. The number of carbonyl (C=O) groups is 2. The Morgan fingerprint density at radius 3 is 2.71 bits per heavy atom. The van der Waals surface area contributed by atoms with E-state index in [0.29, 0.717) is 17.1 Å². The summed E-state index contributed by atoms with van der Waals surface area (Å²) in [6.45, 7) is 1.95. The number of aryl methyl sites for hydroxylation is 1. The predicted molar refractivity (Wildman–Crippen MR) is 107 cm³/mol. The molecule has 4 rings (SSSR count). The van der Waals surface area contributed by atoms with Gasteiger partial charge in [0.25, 0.3) is 5.91 Å². The average molecular weight is 394 g/mol. The van der Waals surface area contributed by atoms with Gasteiger partial charge in [0.2, 0.25) is 0 Å². The van der Waals surface area contributed by atoms with Crippen LogP contribution in [0.3, 0.4) is 0 Å². The maximum absolute atomic E-state index is 12.6. The molecule has 142 valence electrons. The second-order valence-corrected chi connectivity index (χ2v) is 7.60. The third-order valence-electron chi connectivity index (χ3n) is 4.57. The first-order valence-electron chi connectivity index (χ1n) is 8.77. The van der Waals surface area contributed by atoms with Gasteiger partial charge in [-0.25, -0.2) is 9.78 Å². The number of ether oxygens (including phenoxy) is 2. The number of methoxy groups -OCH3 is 1. The van der Waals surface area contributed by atoms with Crippen LogP contribution in [0.4, 0.5) is 5.13 Å². The molecule has 1 atom stereocenters. The minimum absolute atomic E-state index is 0.351. The van der Waals surface area contributed by atoms with Crippen LogP contribution in [-0.2, 0) is 16.0 Å². The van der Waals surface area contributed by atoms with Crippen molar-refractivity contribution in [1.82, 2.24) is 4.98 Å². The van der Waals surface area contributed by atoms with Gasteiger partial charge in [0.05, 0.1) is 18.4 Å². The van der Waals surface area contributed by atoms with Gasteiger partial charge in [0.1, 0.15) is 5.75 Å². The van der Waals surface area contributed by atoms with Crippen LogP contribution < -0.4 is 10.1 Å². The van der Waals surface area contributed by atoms with Crippen molar-refractivity contribution in [1.29, 1.82) is 0 Å². The highest BCUT2D eigenvalue weighted by Crippen LogP contribution is 2.31.